The number of nitrogens with zero attached hydrogens (tertiary/aromatic N) is 3. The molecule has 2 aromatic rings. The zero-order chi connectivity index (χ0) is 17.1. The molecule has 0 aliphatic rings. The lowest BCUT2D eigenvalue weighted by atomic mass is 10.1. The summed E-state index contributed by atoms with van der Waals surface area (Å²) in [7, 11) is -2.43. The Balaban J connectivity index is 2.16. The third-order valence-electron chi connectivity index (χ3n) is 2.75. The number of terminal acetylenes is 1. The monoisotopic (exact) mass is 343 g/mol. The highest BCUT2D eigenvalue weighted by atomic mass is 32.2. The van der Waals surface area contributed by atoms with E-state index in [1.807, 2.05) is 0 Å². The van der Waals surface area contributed by atoms with E-state index in [1.54, 1.807) is 12.1 Å². The first kappa shape index (κ1) is 17.0. The summed E-state index contributed by atoms with van der Waals surface area (Å²) >= 11 is 0. The van der Waals surface area contributed by atoms with Crippen LogP contribution in [0.1, 0.15) is 11.5 Å². The van der Waals surface area contributed by atoms with Crippen molar-refractivity contribution in [1.29, 1.82) is 0 Å². The lowest BCUT2D eigenvalue weighted by molar-refractivity contribution is -0.159. The third kappa shape index (κ3) is 4.56. The molecule has 9 heteroatoms. The molecule has 1 atom stereocenters. The van der Waals surface area contributed by atoms with Crippen LogP contribution in [0.25, 0.3) is 11.4 Å². The number of rotatable bonds is 4. The molecule has 5 nitrogen and oxygen atoms in total. The van der Waals surface area contributed by atoms with Crippen LogP contribution in [0, 0.1) is 12.3 Å². The maximum Gasteiger partial charge on any atom is 0.471 e. The van der Waals surface area contributed by atoms with E-state index in [0.717, 1.165) is 5.56 Å². The van der Waals surface area contributed by atoms with E-state index in [4.69, 9.17) is 6.42 Å². The number of alkyl halides is 3. The number of hydrogen-bond acceptors (Lipinski definition) is 5. The molecule has 0 amide bonds. The van der Waals surface area contributed by atoms with E-state index in [2.05, 4.69) is 24.9 Å². The molecule has 2 rings (SSSR count). The van der Waals surface area contributed by atoms with Crippen LogP contribution in [0.2, 0.25) is 0 Å². The smallest absolute Gasteiger partial charge is 0.329 e. The highest BCUT2D eigenvalue weighted by molar-refractivity contribution is 7.93. The van der Waals surface area contributed by atoms with Gasteiger partial charge in [-0.15, -0.1) is 6.42 Å². The minimum atomic E-state index is -4.68. The van der Waals surface area contributed by atoms with Crippen molar-refractivity contribution in [3.05, 3.63) is 35.7 Å². The molecule has 1 unspecified atom stereocenters. The van der Waals surface area contributed by atoms with Gasteiger partial charge in [-0.1, -0.05) is 35.3 Å². The minimum Gasteiger partial charge on any atom is -0.329 e. The fourth-order valence-electron chi connectivity index (χ4n) is 1.63. The van der Waals surface area contributed by atoms with Gasteiger partial charge >= 0.3 is 12.1 Å². The van der Waals surface area contributed by atoms with E-state index in [-0.39, 0.29) is 18.1 Å². The van der Waals surface area contributed by atoms with Crippen LogP contribution in [-0.4, -0.2) is 26.4 Å². The van der Waals surface area contributed by atoms with Gasteiger partial charge in [0.05, 0.1) is 22.0 Å². The summed E-state index contributed by atoms with van der Waals surface area (Å²) in [4.78, 5) is 3.30. The second-order valence-electron chi connectivity index (χ2n) is 4.71. The highest BCUT2D eigenvalue weighted by Gasteiger charge is 2.38. The Morgan fingerprint density at radius 3 is 2.52 bits per heavy atom. The van der Waals surface area contributed by atoms with Crippen molar-refractivity contribution in [2.45, 2.75) is 12.7 Å². The molecule has 0 spiro atoms. The first-order chi connectivity index (χ1) is 10.7. The average Bonchev–Trinajstić information content (AvgIpc) is 2.96. The van der Waals surface area contributed by atoms with Gasteiger partial charge in [-0.3, -0.25) is 0 Å². The lowest BCUT2D eigenvalue weighted by Gasteiger charge is -2.01. The predicted molar refractivity (Wildman–Crippen MR) is 78.6 cm³/mol. The van der Waals surface area contributed by atoms with Crippen molar-refractivity contribution in [3.63, 3.8) is 0 Å². The van der Waals surface area contributed by atoms with Crippen molar-refractivity contribution in [1.82, 2.24) is 10.1 Å². The first-order valence-electron chi connectivity index (χ1n) is 6.30. The van der Waals surface area contributed by atoms with E-state index < -0.39 is 21.8 Å². The number of hydrogen-bond donors (Lipinski definition) is 0. The second-order valence-corrected chi connectivity index (χ2v) is 7.18. The van der Waals surface area contributed by atoms with Crippen LogP contribution < -0.4 is 0 Å². The molecule has 0 aliphatic heterocycles. The summed E-state index contributed by atoms with van der Waals surface area (Å²) in [5.74, 6) is 0.808. The molecule has 1 aromatic carbocycles. The summed E-state index contributed by atoms with van der Waals surface area (Å²) in [6.45, 7) is 0.192. The number of benzene rings is 1. The van der Waals surface area contributed by atoms with Gasteiger partial charge in [-0.25, -0.2) is 8.57 Å². The lowest BCUT2D eigenvalue weighted by Crippen LogP contribution is -2.04. The van der Waals surface area contributed by atoms with Gasteiger partial charge in [0.2, 0.25) is 5.82 Å². The average molecular weight is 343 g/mol. The Morgan fingerprint density at radius 2 is 2.00 bits per heavy atom. The van der Waals surface area contributed by atoms with Crippen LogP contribution >= 0.6 is 0 Å². The zero-order valence-corrected chi connectivity index (χ0v) is 12.8. The summed E-state index contributed by atoms with van der Waals surface area (Å²) in [5.41, 5.74) is 1.11. The molecule has 122 valence electrons. The van der Waals surface area contributed by atoms with Gasteiger partial charge in [-0.2, -0.15) is 18.2 Å². The van der Waals surface area contributed by atoms with Gasteiger partial charge in [0.25, 0.3) is 0 Å². The van der Waals surface area contributed by atoms with Crippen molar-refractivity contribution < 1.29 is 21.9 Å². The maximum atomic E-state index is 12.4. The van der Waals surface area contributed by atoms with Gasteiger partial charge in [0.15, 0.2) is 0 Å². The topological polar surface area (TPSA) is 68.3 Å². The largest absolute Gasteiger partial charge is 0.471 e. The molecule has 1 aromatic heterocycles. The van der Waals surface area contributed by atoms with Crippen LogP contribution in [0.5, 0.6) is 0 Å². The van der Waals surface area contributed by atoms with E-state index >= 15 is 0 Å². The SMILES string of the molecule is C#CCS(C)(=O)=NCc1ccc(-c2noc(C(F)(F)F)n2)cc1. The zero-order valence-electron chi connectivity index (χ0n) is 12.0. The standard InChI is InChI=1S/C14H12F3N3O2S/c1-3-8-23(2,21)18-9-10-4-6-11(7-5-10)12-19-13(22-20-12)14(15,16)17/h1,4-7H,8-9H2,2H3. The molecule has 0 fully saturated rings. The Bertz CT molecular complexity index is 841. The minimum absolute atomic E-state index is 0.0637. The van der Waals surface area contributed by atoms with Gasteiger partial charge in [0.1, 0.15) is 0 Å². The molecule has 1 heterocycles. The van der Waals surface area contributed by atoms with E-state index in [1.165, 1.54) is 18.4 Å². The molecule has 0 N–H and O–H groups in total. The Kier molecular flexibility index (Phi) is 4.75. The molecule has 0 saturated carbocycles. The maximum absolute atomic E-state index is 12.4. The summed E-state index contributed by atoms with van der Waals surface area (Å²) < 4.78 is 57.3. The second kappa shape index (κ2) is 6.42. The van der Waals surface area contributed by atoms with Gasteiger partial charge in [-0.05, 0) is 5.56 Å². The molecule has 0 aliphatic carbocycles. The summed E-state index contributed by atoms with van der Waals surface area (Å²) in [5, 5.41) is 3.29. The molecule has 0 radical (unpaired) electrons. The Hall–Kier alpha value is -2.34. The van der Waals surface area contributed by atoms with Crippen molar-refractivity contribution in [2.24, 2.45) is 4.36 Å². The molecule has 23 heavy (non-hydrogen) atoms. The summed E-state index contributed by atoms with van der Waals surface area (Å²) in [6, 6.07) is 6.34. The fraction of sp³-hybridized carbons (Fsp3) is 0.286. The molecular formula is C14H12F3N3O2S. The third-order valence-corrected chi connectivity index (χ3v) is 4.13. The van der Waals surface area contributed by atoms with Crippen LogP contribution in [0.4, 0.5) is 13.2 Å². The van der Waals surface area contributed by atoms with E-state index in [0.29, 0.717) is 5.56 Å². The Morgan fingerprint density at radius 1 is 1.35 bits per heavy atom. The molecule has 0 saturated heterocycles. The van der Waals surface area contributed by atoms with Crippen molar-refractivity contribution in [3.8, 4) is 23.7 Å². The van der Waals surface area contributed by atoms with Gasteiger partial charge < -0.3 is 4.52 Å². The number of aromatic nitrogens is 2. The van der Waals surface area contributed by atoms with Crippen molar-refractivity contribution >= 4 is 9.73 Å². The van der Waals surface area contributed by atoms with Crippen LogP contribution in [-0.2, 0) is 22.5 Å². The number of halogens is 3. The van der Waals surface area contributed by atoms with E-state index in [9.17, 15) is 17.4 Å². The predicted octanol–water partition coefficient (Wildman–Crippen LogP) is 2.99. The van der Waals surface area contributed by atoms with Gasteiger partial charge in [0, 0.05) is 11.8 Å². The van der Waals surface area contributed by atoms with Crippen LogP contribution in [0.15, 0.2) is 33.2 Å². The highest BCUT2D eigenvalue weighted by Crippen LogP contribution is 2.29. The molecular weight excluding hydrogens is 331 g/mol. The molecule has 0 bridgehead atoms. The fourth-order valence-corrected chi connectivity index (χ4v) is 2.45. The van der Waals surface area contributed by atoms with Crippen LogP contribution in [0.3, 0.4) is 0 Å². The Labute approximate surface area is 131 Å². The van der Waals surface area contributed by atoms with Crippen molar-refractivity contribution in [2.75, 3.05) is 12.0 Å². The summed E-state index contributed by atoms with van der Waals surface area (Å²) in [6.07, 6.45) is 1.90. The first-order valence-corrected chi connectivity index (χ1v) is 8.40. The quantitative estimate of drug-likeness (QED) is 0.801. The normalized spacial score (nSPS) is 14.0.